The van der Waals surface area contributed by atoms with Gasteiger partial charge in [0.15, 0.2) is 6.10 Å². The number of rotatable bonds is 5. The van der Waals surface area contributed by atoms with Crippen molar-refractivity contribution >= 4 is 23.4 Å². The number of hydrogen-bond donors (Lipinski definition) is 0. The Hall–Kier alpha value is -1.83. The number of carbonyl (C=O) groups is 2. The van der Waals surface area contributed by atoms with Gasteiger partial charge >= 0.3 is 0 Å². The number of ether oxygens (including phenoxy) is 2. The molecule has 0 bridgehead atoms. The lowest BCUT2D eigenvalue weighted by molar-refractivity contribution is -0.144. The molecule has 148 valence electrons. The zero-order valence-electron chi connectivity index (χ0n) is 15.6. The van der Waals surface area contributed by atoms with Crippen molar-refractivity contribution in [3.63, 3.8) is 0 Å². The van der Waals surface area contributed by atoms with Gasteiger partial charge in [-0.2, -0.15) is 0 Å². The van der Waals surface area contributed by atoms with E-state index < -0.39 is 6.10 Å². The second kappa shape index (κ2) is 9.39. The SMILES string of the molecule is CC(Oc1ccccc1Cl)C(=O)N1CCN(C(=O)CN2CCOCC2)CC1. The van der Waals surface area contributed by atoms with Crippen LogP contribution in [0.2, 0.25) is 5.02 Å². The zero-order valence-corrected chi connectivity index (χ0v) is 16.4. The molecule has 1 unspecified atom stereocenters. The first-order valence-electron chi connectivity index (χ1n) is 9.32. The van der Waals surface area contributed by atoms with Crippen LogP contribution in [-0.2, 0) is 14.3 Å². The summed E-state index contributed by atoms with van der Waals surface area (Å²) in [4.78, 5) is 30.8. The van der Waals surface area contributed by atoms with Gasteiger partial charge in [0.2, 0.25) is 5.91 Å². The Kier molecular flexibility index (Phi) is 6.93. The maximum atomic E-state index is 12.6. The molecule has 0 aliphatic carbocycles. The Morgan fingerprint density at radius 1 is 1.07 bits per heavy atom. The number of hydrogen-bond acceptors (Lipinski definition) is 5. The number of nitrogens with zero attached hydrogens (tertiary/aromatic N) is 3. The van der Waals surface area contributed by atoms with Gasteiger partial charge in [0.1, 0.15) is 5.75 Å². The van der Waals surface area contributed by atoms with Crippen LogP contribution in [0.3, 0.4) is 0 Å². The highest BCUT2D eigenvalue weighted by molar-refractivity contribution is 6.32. The summed E-state index contributed by atoms with van der Waals surface area (Å²) in [6.07, 6.45) is -0.625. The van der Waals surface area contributed by atoms with Crippen molar-refractivity contribution in [1.29, 1.82) is 0 Å². The molecule has 0 radical (unpaired) electrons. The average Bonchev–Trinajstić information content (AvgIpc) is 2.70. The Balaban J connectivity index is 1.45. The van der Waals surface area contributed by atoms with Crippen LogP contribution >= 0.6 is 11.6 Å². The van der Waals surface area contributed by atoms with E-state index in [1.54, 1.807) is 24.0 Å². The van der Waals surface area contributed by atoms with Gasteiger partial charge in [-0.25, -0.2) is 0 Å². The quantitative estimate of drug-likeness (QED) is 0.747. The number of benzene rings is 1. The Morgan fingerprint density at radius 3 is 2.37 bits per heavy atom. The van der Waals surface area contributed by atoms with E-state index in [1.807, 2.05) is 17.0 Å². The van der Waals surface area contributed by atoms with Gasteiger partial charge < -0.3 is 19.3 Å². The lowest BCUT2D eigenvalue weighted by atomic mass is 10.2. The van der Waals surface area contributed by atoms with Crippen LogP contribution < -0.4 is 4.74 Å². The van der Waals surface area contributed by atoms with Crippen LogP contribution in [0, 0.1) is 0 Å². The molecule has 1 aromatic rings. The van der Waals surface area contributed by atoms with Crippen molar-refractivity contribution in [2.75, 3.05) is 59.0 Å². The summed E-state index contributed by atoms with van der Waals surface area (Å²) in [6, 6.07) is 7.10. The summed E-state index contributed by atoms with van der Waals surface area (Å²) < 4.78 is 11.0. The van der Waals surface area contributed by atoms with E-state index >= 15 is 0 Å². The molecule has 2 amide bonds. The van der Waals surface area contributed by atoms with E-state index in [-0.39, 0.29) is 11.8 Å². The number of carbonyl (C=O) groups excluding carboxylic acids is 2. The minimum atomic E-state index is -0.625. The number of para-hydroxylation sites is 1. The first-order chi connectivity index (χ1) is 13.0. The monoisotopic (exact) mass is 395 g/mol. The van der Waals surface area contributed by atoms with Crippen molar-refractivity contribution < 1.29 is 19.1 Å². The van der Waals surface area contributed by atoms with Crippen LogP contribution in [0.4, 0.5) is 0 Å². The fourth-order valence-corrected chi connectivity index (χ4v) is 3.45. The van der Waals surface area contributed by atoms with Crippen molar-refractivity contribution in [3.8, 4) is 5.75 Å². The smallest absolute Gasteiger partial charge is 0.263 e. The molecule has 27 heavy (non-hydrogen) atoms. The zero-order chi connectivity index (χ0) is 19.2. The Morgan fingerprint density at radius 2 is 1.70 bits per heavy atom. The van der Waals surface area contributed by atoms with Crippen molar-refractivity contribution in [2.24, 2.45) is 0 Å². The van der Waals surface area contributed by atoms with E-state index in [1.165, 1.54) is 0 Å². The van der Waals surface area contributed by atoms with Gasteiger partial charge in [0.25, 0.3) is 5.91 Å². The van der Waals surface area contributed by atoms with Crippen molar-refractivity contribution in [3.05, 3.63) is 29.3 Å². The summed E-state index contributed by atoms with van der Waals surface area (Å²) in [5.74, 6) is 0.527. The minimum absolute atomic E-state index is 0.0878. The third-order valence-electron chi connectivity index (χ3n) is 4.89. The van der Waals surface area contributed by atoms with Gasteiger partial charge in [-0.05, 0) is 19.1 Å². The second-order valence-electron chi connectivity index (χ2n) is 6.79. The first-order valence-corrected chi connectivity index (χ1v) is 9.70. The van der Waals surface area contributed by atoms with E-state index in [4.69, 9.17) is 21.1 Å². The summed E-state index contributed by atoms with van der Waals surface area (Å²) in [5, 5.41) is 0.482. The number of morpholine rings is 1. The molecule has 2 aliphatic rings. The van der Waals surface area contributed by atoms with Crippen molar-refractivity contribution in [1.82, 2.24) is 14.7 Å². The van der Waals surface area contributed by atoms with E-state index in [2.05, 4.69) is 4.90 Å². The molecule has 0 saturated carbocycles. The standard InChI is InChI=1S/C19H26ClN3O4/c1-15(27-17-5-3-2-4-16(17)20)19(25)23-8-6-22(7-9-23)18(24)14-21-10-12-26-13-11-21/h2-5,15H,6-14H2,1H3. The van der Waals surface area contributed by atoms with Gasteiger partial charge in [-0.15, -0.1) is 0 Å². The molecule has 2 fully saturated rings. The molecule has 0 aromatic heterocycles. The third kappa shape index (κ3) is 5.34. The normalized spacial score (nSPS) is 19.6. The largest absolute Gasteiger partial charge is 0.479 e. The number of amides is 2. The predicted molar refractivity (Wildman–Crippen MR) is 102 cm³/mol. The minimum Gasteiger partial charge on any atom is -0.479 e. The van der Waals surface area contributed by atoms with Gasteiger partial charge in [-0.1, -0.05) is 23.7 Å². The fourth-order valence-electron chi connectivity index (χ4n) is 3.27. The van der Waals surface area contributed by atoms with Crippen LogP contribution in [0.15, 0.2) is 24.3 Å². The van der Waals surface area contributed by atoms with Gasteiger partial charge in [0, 0.05) is 39.3 Å². The molecule has 2 saturated heterocycles. The predicted octanol–water partition coefficient (Wildman–Crippen LogP) is 1.11. The summed E-state index contributed by atoms with van der Waals surface area (Å²) >= 11 is 6.09. The molecule has 1 aromatic carbocycles. The third-order valence-corrected chi connectivity index (χ3v) is 5.21. The first kappa shape index (κ1) is 19.9. The van der Waals surface area contributed by atoms with Crippen LogP contribution in [0.5, 0.6) is 5.75 Å². The molecule has 8 heteroatoms. The van der Waals surface area contributed by atoms with Gasteiger partial charge in [-0.3, -0.25) is 14.5 Å². The maximum Gasteiger partial charge on any atom is 0.263 e. The van der Waals surface area contributed by atoms with E-state index in [0.29, 0.717) is 56.7 Å². The number of halogens is 1. The topological polar surface area (TPSA) is 62.3 Å². The summed E-state index contributed by atoms with van der Waals surface area (Å²) in [5.41, 5.74) is 0. The van der Waals surface area contributed by atoms with Crippen LogP contribution in [0.25, 0.3) is 0 Å². The highest BCUT2D eigenvalue weighted by atomic mass is 35.5. The highest BCUT2D eigenvalue weighted by Gasteiger charge is 2.28. The lowest BCUT2D eigenvalue weighted by Gasteiger charge is -2.37. The summed E-state index contributed by atoms with van der Waals surface area (Å²) in [7, 11) is 0. The molecule has 1 atom stereocenters. The van der Waals surface area contributed by atoms with Crippen LogP contribution in [0.1, 0.15) is 6.92 Å². The molecule has 0 N–H and O–H groups in total. The summed E-state index contributed by atoms with van der Waals surface area (Å²) in [6.45, 7) is 7.22. The van der Waals surface area contributed by atoms with Gasteiger partial charge in [0.05, 0.1) is 24.8 Å². The highest BCUT2D eigenvalue weighted by Crippen LogP contribution is 2.24. The average molecular weight is 396 g/mol. The maximum absolute atomic E-state index is 12.6. The molecular formula is C19H26ClN3O4. The molecule has 7 nitrogen and oxygen atoms in total. The second-order valence-corrected chi connectivity index (χ2v) is 7.19. The molecule has 0 spiro atoms. The molecule has 2 aliphatic heterocycles. The fraction of sp³-hybridized carbons (Fsp3) is 0.579. The molecular weight excluding hydrogens is 370 g/mol. The Bertz CT molecular complexity index is 658. The van der Waals surface area contributed by atoms with E-state index in [9.17, 15) is 9.59 Å². The Labute approximate surface area is 164 Å². The molecule has 2 heterocycles. The lowest BCUT2D eigenvalue weighted by Crippen LogP contribution is -2.55. The number of piperazine rings is 1. The van der Waals surface area contributed by atoms with Crippen molar-refractivity contribution in [2.45, 2.75) is 13.0 Å². The van der Waals surface area contributed by atoms with Crippen LogP contribution in [-0.4, -0.2) is 91.6 Å². The molecule has 3 rings (SSSR count). The van der Waals surface area contributed by atoms with E-state index in [0.717, 1.165) is 13.1 Å².